The first kappa shape index (κ1) is 8.82. The zero-order chi connectivity index (χ0) is 9.26. The van der Waals surface area contributed by atoms with Crippen LogP contribution >= 0.6 is 11.6 Å². The lowest BCUT2D eigenvalue weighted by molar-refractivity contribution is 0.274. The normalized spacial score (nSPS) is 17.0. The molecule has 0 unspecified atom stereocenters. The molecule has 0 aliphatic heterocycles. The van der Waals surface area contributed by atoms with Crippen molar-refractivity contribution < 1.29 is 0 Å². The van der Waals surface area contributed by atoms with Crippen molar-refractivity contribution in [3.05, 3.63) is 33.7 Å². The molecule has 1 fully saturated rings. The van der Waals surface area contributed by atoms with Gasteiger partial charge in [-0.05, 0) is 24.8 Å². The first-order valence-electron chi connectivity index (χ1n) is 4.62. The second-order valence-electron chi connectivity index (χ2n) is 3.63. The van der Waals surface area contributed by atoms with Crippen molar-refractivity contribution in [3.8, 4) is 0 Å². The van der Waals surface area contributed by atoms with Crippen LogP contribution in [0.4, 0.5) is 0 Å². The van der Waals surface area contributed by atoms with Gasteiger partial charge in [0.2, 0.25) is 0 Å². The molecule has 1 aliphatic rings. The van der Waals surface area contributed by atoms with Crippen LogP contribution in [0.3, 0.4) is 0 Å². The van der Waals surface area contributed by atoms with Crippen LogP contribution in [0.2, 0.25) is 5.02 Å². The third-order valence-corrected chi connectivity index (χ3v) is 2.85. The van der Waals surface area contributed by atoms with Crippen molar-refractivity contribution in [3.63, 3.8) is 0 Å². The van der Waals surface area contributed by atoms with Crippen molar-refractivity contribution >= 4 is 11.6 Å². The van der Waals surface area contributed by atoms with Gasteiger partial charge < -0.3 is 4.57 Å². The zero-order valence-corrected chi connectivity index (χ0v) is 8.13. The van der Waals surface area contributed by atoms with E-state index in [0.29, 0.717) is 10.9 Å². The second-order valence-corrected chi connectivity index (χ2v) is 4.07. The van der Waals surface area contributed by atoms with Gasteiger partial charge >= 0.3 is 0 Å². The highest BCUT2D eigenvalue weighted by Gasteiger charge is 2.17. The summed E-state index contributed by atoms with van der Waals surface area (Å²) in [5, 5.41) is 0.638. The van der Waals surface area contributed by atoms with Crippen molar-refractivity contribution in [2.24, 2.45) is 5.92 Å². The first-order valence-corrected chi connectivity index (χ1v) is 4.99. The molecule has 0 spiro atoms. The molecule has 1 aromatic rings. The third-order valence-electron chi connectivity index (χ3n) is 2.63. The Kier molecular flexibility index (Phi) is 2.40. The highest BCUT2D eigenvalue weighted by molar-refractivity contribution is 6.30. The quantitative estimate of drug-likeness (QED) is 0.713. The van der Waals surface area contributed by atoms with E-state index >= 15 is 0 Å². The maximum absolute atomic E-state index is 11.4. The molecule has 0 radical (unpaired) electrons. The van der Waals surface area contributed by atoms with Crippen LogP contribution in [0.15, 0.2) is 23.1 Å². The summed E-state index contributed by atoms with van der Waals surface area (Å²) >= 11 is 5.80. The van der Waals surface area contributed by atoms with E-state index in [2.05, 4.69) is 0 Å². The third kappa shape index (κ3) is 1.94. The summed E-state index contributed by atoms with van der Waals surface area (Å²) in [5.74, 6) is 0.691. The minimum Gasteiger partial charge on any atom is -0.314 e. The van der Waals surface area contributed by atoms with Crippen molar-refractivity contribution in [1.29, 1.82) is 0 Å². The van der Waals surface area contributed by atoms with Crippen LogP contribution in [0.25, 0.3) is 0 Å². The Morgan fingerprint density at radius 2 is 2.23 bits per heavy atom. The number of hydrogen-bond donors (Lipinski definition) is 0. The van der Waals surface area contributed by atoms with E-state index in [0.717, 1.165) is 6.54 Å². The molecule has 13 heavy (non-hydrogen) atoms. The number of aromatic nitrogens is 1. The van der Waals surface area contributed by atoms with E-state index in [9.17, 15) is 4.79 Å². The highest BCUT2D eigenvalue weighted by Crippen LogP contribution is 2.27. The molecule has 2 rings (SSSR count). The minimum absolute atomic E-state index is 0.0521. The average molecular weight is 198 g/mol. The fourth-order valence-corrected chi connectivity index (χ4v) is 1.78. The molecule has 70 valence electrons. The minimum atomic E-state index is 0.0521. The van der Waals surface area contributed by atoms with Crippen LogP contribution in [0, 0.1) is 5.92 Å². The van der Waals surface area contributed by atoms with Crippen LogP contribution in [-0.2, 0) is 6.54 Å². The summed E-state index contributed by atoms with van der Waals surface area (Å²) in [4.78, 5) is 11.4. The van der Waals surface area contributed by atoms with Gasteiger partial charge in [0.25, 0.3) is 5.56 Å². The molecule has 1 heterocycles. The van der Waals surface area contributed by atoms with Gasteiger partial charge in [-0.25, -0.2) is 0 Å². The number of halogens is 1. The summed E-state index contributed by atoms with van der Waals surface area (Å²) in [7, 11) is 0. The van der Waals surface area contributed by atoms with E-state index < -0.39 is 0 Å². The van der Waals surface area contributed by atoms with Crippen molar-refractivity contribution in [2.45, 2.75) is 25.8 Å². The van der Waals surface area contributed by atoms with Gasteiger partial charge in [-0.2, -0.15) is 0 Å². The molecule has 1 aromatic heterocycles. The van der Waals surface area contributed by atoms with Crippen molar-refractivity contribution in [2.75, 3.05) is 0 Å². The topological polar surface area (TPSA) is 22.0 Å². The smallest absolute Gasteiger partial charge is 0.250 e. The Morgan fingerprint density at radius 1 is 1.46 bits per heavy atom. The van der Waals surface area contributed by atoms with Gasteiger partial charge in [-0.3, -0.25) is 4.79 Å². The Labute approximate surface area is 82.1 Å². The predicted molar refractivity (Wildman–Crippen MR) is 53.1 cm³/mol. The van der Waals surface area contributed by atoms with Gasteiger partial charge in [-0.15, -0.1) is 0 Å². The van der Waals surface area contributed by atoms with Crippen LogP contribution < -0.4 is 5.56 Å². The molecule has 1 saturated carbocycles. The molecule has 0 bridgehead atoms. The Bertz CT molecular complexity index is 354. The Hall–Kier alpha value is -0.760. The van der Waals surface area contributed by atoms with E-state index in [4.69, 9.17) is 11.6 Å². The number of hydrogen-bond acceptors (Lipinski definition) is 1. The van der Waals surface area contributed by atoms with E-state index in [1.165, 1.54) is 25.3 Å². The van der Waals surface area contributed by atoms with Crippen LogP contribution in [0.1, 0.15) is 19.3 Å². The number of rotatable bonds is 2. The Morgan fingerprint density at radius 3 is 2.85 bits per heavy atom. The molecule has 0 saturated heterocycles. The summed E-state index contributed by atoms with van der Waals surface area (Å²) < 4.78 is 1.71. The fraction of sp³-hybridized carbons (Fsp3) is 0.500. The second kappa shape index (κ2) is 3.54. The average Bonchev–Trinajstić information content (AvgIpc) is 2.03. The Balaban J connectivity index is 2.17. The summed E-state index contributed by atoms with van der Waals surface area (Å²) in [6, 6.07) is 3.17. The lowest BCUT2D eigenvalue weighted by atomic mass is 9.85. The van der Waals surface area contributed by atoms with E-state index in [1.807, 2.05) is 0 Å². The SMILES string of the molecule is O=c1ccc(Cl)cn1CC1CCC1. The maximum Gasteiger partial charge on any atom is 0.250 e. The summed E-state index contributed by atoms with van der Waals surface area (Å²) in [6.07, 6.45) is 5.53. The predicted octanol–water partition coefficient (Wildman–Crippen LogP) is 2.30. The summed E-state index contributed by atoms with van der Waals surface area (Å²) in [6.45, 7) is 0.833. The molecule has 2 nitrogen and oxygen atoms in total. The number of nitrogens with zero attached hydrogens (tertiary/aromatic N) is 1. The number of pyridine rings is 1. The van der Waals surface area contributed by atoms with Gasteiger partial charge in [0.15, 0.2) is 0 Å². The molecule has 0 aromatic carbocycles. The van der Waals surface area contributed by atoms with E-state index in [-0.39, 0.29) is 5.56 Å². The molecule has 0 amide bonds. The monoisotopic (exact) mass is 197 g/mol. The highest BCUT2D eigenvalue weighted by atomic mass is 35.5. The van der Waals surface area contributed by atoms with Crippen molar-refractivity contribution in [1.82, 2.24) is 4.57 Å². The van der Waals surface area contributed by atoms with Gasteiger partial charge in [0.05, 0.1) is 5.02 Å². The molecule has 1 aliphatic carbocycles. The van der Waals surface area contributed by atoms with Gasteiger partial charge in [-0.1, -0.05) is 18.0 Å². The molecular formula is C10H12ClNO. The van der Waals surface area contributed by atoms with Gasteiger partial charge in [0, 0.05) is 18.8 Å². The first-order chi connectivity index (χ1) is 6.25. The zero-order valence-electron chi connectivity index (χ0n) is 7.37. The van der Waals surface area contributed by atoms with Crippen LogP contribution in [-0.4, -0.2) is 4.57 Å². The molecule has 0 N–H and O–H groups in total. The van der Waals surface area contributed by atoms with Crippen LogP contribution in [0.5, 0.6) is 0 Å². The van der Waals surface area contributed by atoms with E-state index in [1.54, 1.807) is 16.8 Å². The molecule has 0 atom stereocenters. The largest absolute Gasteiger partial charge is 0.314 e. The lowest BCUT2D eigenvalue weighted by Gasteiger charge is -2.25. The molecule has 3 heteroatoms. The maximum atomic E-state index is 11.4. The fourth-order valence-electron chi connectivity index (χ4n) is 1.60. The standard InChI is InChI=1S/C10H12ClNO/c11-9-4-5-10(13)12(7-9)6-8-2-1-3-8/h4-5,7-8H,1-3,6H2. The lowest BCUT2D eigenvalue weighted by Crippen LogP contribution is -2.25. The van der Waals surface area contributed by atoms with Gasteiger partial charge in [0.1, 0.15) is 0 Å². The summed E-state index contributed by atoms with van der Waals surface area (Å²) in [5.41, 5.74) is 0.0521. The molecular weight excluding hydrogens is 186 g/mol.